The summed E-state index contributed by atoms with van der Waals surface area (Å²) in [4.78, 5) is 12.4. The van der Waals surface area contributed by atoms with Crippen LogP contribution in [-0.4, -0.2) is 49.2 Å². The van der Waals surface area contributed by atoms with E-state index in [1.807, 2.05) is 21.0 Å². The van der Waals surface area contributed by atoms with Crippen LogP contribution in [-0.2, 0) is 4.79 Å². The molecule has 1 unspecified atom stereocenters. The van der Waals surface area contributed by atoms with Crippen LogP contribution in [0.25, 0.3) is 0 Å². The van der Waals surface area contributed by atoms with Crippen molar-refractivity contribution < 1.29 is 9.90 Å². The van der Waals surface area contributed by atoms with E-state index in [9.17, 15) is 4.79 Å². The summed E-state index contributed by atoms with van der Waals surface area (Å²) in [5.74, 6) is -0.716. The summed E-state index contributed by atoms with van der Waals surface area (Å²) in [6.07, 6.45) is 2.06. The molecule has 0 spiro atoms. The zero-order chi connectivity index (χ0) is 11.0. The first kappa shape index (κ1) is 13.4. The molecule has 0 rings (SSSR count). The van der Waals surface area contributed by atoms with Crippen LogP contribution < -0.4 is 5.32 Å². The van der Waals surface area contributed by atoms with Gasteiger partial charge in [0.1, 0.15) is 0 Å². The molecule has 1 atom stereocenters. The lowest BCUT2D eigenvalue weighted by molar-refractivity contribution is -0.137. The molecule has 84 valence electrons. The highest BCUT2D eigenvalue weighted by atomic mass is 16.4. The van der Waals surface area contributed by atoms with Crippen LogP contribution in [0.1, 0.15) is 26.2 Å². The van der Waals surface area contributed by atoms with Crippen molar-refractivity contribution in [1.82, 2.24) is 10.2 Å². The average molecular weight is 202 g/mol. The molecule has 0 amide bonds. The molecule has 0 aliphatic rings. The summed E-state index contributed by atoms with van der Waals surface area (Å²) in [5.41, 5.74) is 0. The van der Waals surface area contributed by atoms with Crippen LogP contribution in [0.4, 0.5) is 0 Å². The Kier molecular flexibility index (Phi) is 7.42. The Morgan fingerprint density at radius 3 is 2.64 bits per heavy atom. The smallest absolute Gasteiger partial charge is 0.303 e. The summed E-state index contributed by atoms with van der Waals surface area (Å²) in [6.45, 7) is 4.05. The lowest BCUT2D eigenvalue weighted by Gasteiger charge is -2.14. The maximum absolute atomic E-state index is 10.3. The molecule has 4 nitrogen and oxygen atoms in total. The third kappa shape index (κ3) is 9.48. The molecule has 0 radical (unpaired) electrons. The molecule has 14 heavy (non-hydrogen) atoms. The molecule has 4 heteroatoms. The first-order valence-electron chi connectivity index (χ1n) is 5.12. The van der Waals surface area contributed by atoms with Crippen LogP contribution in [0.3, 0.4) is 0 Å². The van der Waals surface area contributed by atoms with Crippen LogP contribution in [0.15, 0.2) is 0 Å². The van der Waals surface area contributed by atoms with E-state index < -0.39 is 5.97 Å². The van der Waals surface area contributed by atoms with E-state index in [2.05, 4.69) is 10.2 Å². The van der Waals surface area contributed by atoms with Gasteiger partial charge in [0.2, 0.25) is 0 Å². The van der Waals surface area contributed by atoms with Gasteiger partial charge >= 0.3 is 5.97 Å². The van der Waals surface area contributed by atoms with E-state index in [0.29, 0.717) is 12.5 Å². The Balaban J connectivity index is 3.26. The van der Waals surface area contributed by atoms with Gasteiger partial charge in [0, 0.05) is 12.5 Å². The fourth-order valence-electron chi connectivity index (χ4n) is 1.19. The van der Waals surface area contributed by atoms with Crippen molar-refractivity contribution in [3.05, 3.63) is 0 Å². The first-order chi connectivity index (χ1) is 6.52. The summed E-state index contributed by atoms with van der Waals surface area (Å²) >= 11 is 0. The van der Waals surface area contributed by atoms with E-state index in [4.69, 9.17) is 5.11 Å². The number of nitrogens with zero attached hydrogens (tertiary/aromatic N) is 1. The first-order valence-corrected chi connectivity index (χ1v) is 5.12. The third-order valence-corrected chi connectivity index (χ3v) is 2.07. The van der Waals surface area contributed by atoms with Crippen LogP contribution in [0, 0.1) is 0 Å². The van der Waals surface area contributed by atoms with E-state index in [0.717, 1.165) is 19.5 Å². The van der Waals surface area contributed by atoms with Gasteiger partial charge in [0.15, 0.2) is 0 Å². The largest absolute Gasteiger partial charge is 0.481 e. The number of carbonyl (C=O) groups is 1. The number of hydrogen-bond donors (Lipinski definition) is 2. The van der Waals surface area contributed by atoms with E-state index in [1.165, 1.54) is 0 Å². The summed E-state index contributed by atoms with van der Waals surface area (Å²) in [6, 6.07) is 0.299. The predicted molar refractivity (Wildman–Crippen MR) is 57.5 cm³/mol. The molecule has 0 aliphatic heterocycles. The van der Waals surface area contributed by atoms with Crippen molar-refractivity contribution in [3.8, 4) is 0 Å². The zero-order valence-electron chi connectivity index (χ0n) is 9.42. The monoisotopic (exact) mass is 202 g/mol. The normalized spacial score (nSPS) is 13.1. The van der Waals surface area contributed by atoms with Crippen molar-refractivity contribution >= 4 is 5.97 Å². The minimum atomic E-state index is -0.716. The van der Waals surface area contributed by atoms with Gasteiger partial charge in [-0.15, -0.1) is 0 Å². The summed E-state index contributed by atoms with van der Waals surface area (Å²) < 4.78 is 0. The van der Waals surface area contributed by atoms with Gasteiger partial charge in [-0.2, -0.15) is 0 Å². The van der Waals surface area contributed by atoms with Gasteiger partial charge in [0.25, 0.3) is 0 Å². The van der Waals surface area contributed by atoms with Gasteiger partial charge in [-0.3, -0.25) is 4.79 Å². The van der Waals surface area contributed by atoms with E-state index >= 15 is 0 Å². The average Bonchev–Trinajstić information content (AvgIpc) is 2.08. The maximum atomic E-state index is 10.3. The number of carboxylic acid groups (broad SMARTS) is 1. The molecule has 0 heterocycles. The van der Waals surface area contributed by atoms with Crippen LogP contribution in [0.5, 0.6) is 0 Å². The SMILES string of the molecule is CC(CCC(=O)O)NCCCN(C)C. The van der Waals surface area contributed by atoms with E-state index in [-0.39, 0.29) is 6.42 Å². The van der Waals surface area contributed by atoms with Gasteiger partial charge in [0.05, 0.1) is 0 Å². The lowest BCUT2D eigenvalue weighted by atomic mass is 10.2. The van der Waals surface area contributed by atoms with Crippen LogP contribution >= 0.6 is 0 Å². The number of rotatable bonds is 8. The van der Waals surface area contributed by atoms with Crippen molar-refractivity contribution in [3.63, 3.8) is 0 Å². The molecule has 0 fully saturated rings. The van der Waals surface area contributed by atoms with Gasteiger partial charge < -0.3 is 15.3 Å². The second-order valence-electron chi connectivity index (χ2n) is 3.94. The second-order valence-corrected chi connectivity index (χ2v) is 3.94. The summed E-state index contributed by atoms with van der Waals surface area (Å²) in [5, 5.41) is 11.8. The Morgan fingerprint density at radius 2 is 2.14 bits per heavy atom. The minimum Gasteiger partial charge on any atom is -0.481 e. The Labute approximate surface area is 86.3 Å². The van der Waals surface area contributed by atoms with Crippen LogP contribution in [0.2, 0.25) is 0 Å². The van der Waals surface area contributed by atoms with Gasteiger partial charge in [-0.25, -0.2) is 0 Å². The number of nitrogens with one attached hydrogen (secondary N) is 1. The van der Waals surface area contributed by atoms with E-state index in [1.54, 1.807) is 0 Å². The highest BCUT2D eigenvalue weighted by molar-refractivity contribution is 5.66. The molecular formula is C10H22N2O2. The molecular weight excluding hydrogens is 180 g/mol. The maximum Gasteiger partial charge on any atom is 0.303 e. The molecule has 0 aromatic rings. The van der Waals surface area contributed by atoms with Gasteiger partial charge in [-0.1, -0.05) is 0 Å². The molecule has 0 saturated heterocycles. The third-order valence-electron chi connectivity index (χ3n) is 2.07. The topological polar surface area (TPSA) is 52.6 Å². The number of hydrogen-bond acceptors (Lipinski definition) is 3. The van der Waals surface area contributed by atoms with Crippen molar-refractivity contribution in [1.29, 1.82) is 0 Å². The number of aliphatic carboxylic acids is 1. The molecule has 0 aromatic heterocycles. The van der Waals surface area contributed by atoms with Crippen molar-refractivity contribution in [2.45, 2.75) is 32.2 Å². The Bertz CT molecular complexity index is 160. The Hall–Kier alpha value is -0.610. The van der Waals surface area contributed by atoms with Gasteiger partial charge in [-0.05, 0) is 47.0 Å². The number of carboxylic acids is 1. The second kappa shape index (κ2) is 7.76. The highest BCUT2D eigenvalue weighted by Gasteiger charge is 2.03. The van der Waals surface area contributed by atoms with Crippen molar-refractivity contribution in [2.24, 2.45) is 0 Å². The predicted octanol–water partition coefficient (Wildman–Crippen LogP) is 0.781. The lowest BCUT2D eigenvalue weighted by Crippen LogP contribution is -2.29. The Morgan fingerprint density at radius 1 is 1.50 bits per heavy atom. The quantitative estimate of drug-likeness (QED) is 0.571. The zero-order valence-corrected chi connectivity index (χ0v) is 9.42. The standard InChI is InChI=1S/C10H22N2O2/c1-9(5-6-10(13)14)11-7-4-8-12(2)3/h9,11H,4-8H2,1-3H3,(H,13,14). The molecule has 2 N–H and O–H groups in total. The molecule has 0 saturated carbocycles. The fraction of sp³-hybridized carbons (Fsp3) is 0.900. The summed E-state index contributed by atoms with van der Waals surface area (Å²) in [7, 11) is 4.10. The van der Waals surface area contributed by atoms with Crippen molar-refractivity contribution in [2.75, 3.05) is 27.2 Å². The fourth-order valence-corrected chi connectivity index (χ4v) is 1.19. The molecule has 0 aliphatic carbocycles. The molecule has 0 aromatic carbocycles. The molecule has 0 bridgehead atoms. The minimum absolute atomic E-state index is 0.252. The highest BCUT2D eigenvalue weighted by Crippen LogP contribution is 1.96.